The third-order valence-corrected chi connectivity index (χ3v) is 3.74. The summed E-state index contributed by atoms with van der Waals surface area (Å²) in [6.07, 6.45) is -4.60. The van der Waals surface area contributed by atoms with E-state index in [2.05, 4.69) is 0 Å². The van der Waals surface area contributed by atoms with Crippen LogP contribution in [0.2, 0.25) is 0 Å². The molecule has 21 heavy (non-hydrogen) atoms. The molecule has 0 bridgehead atoms. The number of ketones is 1. The number of hydrogen-bond acceptors (Lipinski definition) is 1. The van der Waals surface area contributed by atoms with Gasteiger partial charge in [-0.2, -0.15) is 13.2 Å². The van der Waals surface area contributed by atoms with Gasteiger partial charge >= 0.3 is 6.18 Å². The van der Waals surface area contributed by atoms with Crippen LogP contribution in [0.15, 0.2) is 42.5 Å². The van der Waals surface area contributed by atoms with Crippen LogP contribution >= 0.6 is 22.6 Å². The minimum Gasteiger partial charge on any atom is -0.294 e. The van der Waals surface area contributed by atoms with E-state index in [0.29, 0.717) is 9.13 Å². The topological polar surface area (TPSA) is 17.1 Å². The van der Waals surface area contributed by atoms with E-state index >= 15 is 0 Å². The second-order valence-electron chi connectivity index (χ2n) is 4.42. The Morgan fingerprint density at radius 1 is 1.10 bits per heavy atom. The average Bonchev–Trinajstić information content (AvgIpc) is 2.37. The van der Waals surface area contributed by atoms with Crippen molar-refractivity contribution in [3.05, 3.63) is 68.5 Å². The molecule has 0 aliphatic carbocycles. The maximum Gasteiger partial charge on any atom is 0.416 e. The number of halogens is 5. The van der Waals surface area contributed by atoms with Gasteiger partial charge in [0.25, 0.3) is 0 Å². The molecule has 0 heterocycles. The summed E-state index contributed by atoms with van der Waals surface area (Å²) in [5, 5.41) is 0. The molecule has 110 valence electrons. The molecular formula is C15H9F4IO. The van der Waals surface area contributed by atoms with Gasteiger partial charge in [0, 0.05) is 15.6 Å². The van der Waals surface area contributed by atoms with Gasteiger partial charge in [-0.1, -0.05) is 18.2 Å². The molecule has 0 saturated carbocycles. The maximum atomic E-state index is 13.0. The molecule has 1 nitrogen and oxygen atoms in total. The van der Waals surface area contributed by atoms with E-state index in [1.807, 2.05) is 22.6 Å². The van der Waals surface area contributed by atoms with Crippen LogP contribution in [0.3, 0.4) is 0 Å². The Labute approximate surface area is 132 Å². The molecule has 0 radical (unpaired) electrons. The number of Topliss-reactive ketones (excluding diaryl/α,β-unsaturated/α-hetero) is 1. The van der Waals surface area contributed by atoms with E-state index in [9.17, 15) is 22.4 Å². The molecule has 2 rings (SSSR count). The number of carbonyl (C=O) groups is 1. The predicted molar refractivity (Wildman–Crippen MR) is 78.6 cm³/mol. The molecule has 0 aliphatic heterocycles. The van der Waals surface area contributed by atoms with Crippen LogP contribution in [0.1, 0.15) is 21.5 Å². The summed E-state index contributed by atoms with van der Waals surface area (Å²) >= 11 is 1.82. The van der Waals surface area contributed by atoms with Crippen LogP contribution in [0.4, 0.5) is 17.6 Å². The quantitative estimate of drug-likeness (QED) is 0.402. The summed E-state index contributed by atoms with van der Waals surface area (Å²) < 4.78 is 51.2. The van der Waals surface area contributed by atoms with Gasteiger partial charge < -0.3 is 0 Å². The molecule has 2 aromatic rings. The van der Waals surface area contributed by atoms with Crippen LogP contribution in [0, 0.1) is 9.39 Å². The molecule has 0 saturated heterocycles. The van der Waals surface area contributed by atoms with Gasteiger partial charge in [0.05, 0.1) is 5.56 Å². The van der Waals surface area contributed by atoms with E-state index < -0.39 is 17.6 Å². The standard InChI is InChI=1S/C15H9F4IO/c16-11-4-5-12(13(20)8-11)14(21)7-9-2-1-3-10(6-9)15(17,18)19/h1-6,8H,7H2. The fraction of sp³-hybridized carbons (Fsp3) is 0.133. The lowest BCUT2D eigenvalue weighted by atomic mass is 10.0. The van der Waals surface area contributed by atoms with Crippen molar-refractivity contribution in [2.24, 2.45) is 0 Å². The highest BCUT2D eigenvalue weighted by Crippen LogP contribution is 2.29. The first-order valence-corrected chi connectivity index (χ1v) is 6.99. The molecule has 6 heteroatoms. The smallest absolute Gasteiger partial charge is 0.294 e. The Kier molecular flexibility index (Phi) is 4.65. The average molecular weight is 408 g/mol. The number of benzene rings is 2. The first-order chi connectivity index (χ1) is 9.77. The van der Waals surface area contributed by atoms with Crippen LogP contribution < -0.4 is 0 Å². The van der Waals surface area contributed by atoms with Gasteiger partial charge in [0.2, 0.25) is 0 Å². The zero-order valence-corrected chi connectivity index (χ0v) is 12.7. The largest absolute Gasteiger partial charge is 0.416 e. The predicted octanol–water partition coefficient (Wildman–Crippen LogP) is 4.87. The first-order valence-electron chi connectivity index (χ1n) is 5.92. The highest BCUT2D eigenvalue weighted by atomic mass is 127. The zero-order chi connectivity index (χ0) is 15.6. The van der Waals surface area contributed by atoms with Crippen molar-refractivity contribution in [2.45, 2.75) is 12.6 Å². The number of carbonyl (C=O) groups excluding carboxylic acids is 1. The third kappa shape index (κ3) is 4.03. The van der Waals surface area contributed by atoms with Crippen molar-refractivity contribution in [2.75, 3.05) is 0 Å². The van der Waals surface area contributed by atoms with Gasteiger partial charge in [0.1, 0.15) is 5.82 Å². The molecule has 0 aromatic heterocycles. The van der Waals surface area contributed by atoms with Crippen molar-refractivity contribution in [1.29, 1.82) is 0 Å². The Hall–Kier alpha value is -1.44. The molecular weight excluding hydrogens is 399 g/mol. The fourth-order valence-electron chi connectivity index (χ4n) is 1.85. The highest BCUT2D eigenvalue weighted by Gasteiger charge is 2.30. The zero-order valence-electron chi connectivity index (χ0n) is 10.5. The summed E-state index contributed by atoms with van der Waals surface area (Å²) in [5.41, 5.74) is -0.217. The molecule has 0 N–H and O–H groups in total. The van der Waals surface area contributed by atoms with Gasteiger partial charge in [-0.15, -0.1) is 0 Å². The van der Waals surface area contributed by atoms with Gasteiger partial charge in [0.15, 0.2) is 5.78 Å². The lowest BCUT2D eigenvalue weighted by molar-refractivity contribution is -0.137. The number of hydrogen-bond donors (Lipinski definition) is 0. The van der Waals surface area contributed by atoms with Crippen molar-refractivity contribution in [3.63, 3.8) is 0 Å². The minimum absolute atomic E-state index is 0.161. The van der Waals surface area contributed by atoms with Gasteiger partial charge in [-0.3, -0.25) is 4.79 Å². The Bertz CT molecular complexity index is 680. The summed E-state index contributed by atoms with van der Waals surface area (Å²) in [6.45, 7) is 0. The van der Waals surface area contributed by atoms with Crippen LogP contribution in [-0.4, -0.2) is 5.78 Å². The first kappa shape index (κ1) is 15.9. The Balaban J connectivity index is 2.24. The molecule has 0 atom stereocenters. The highest BCUT2D eigenvalue weighted by molar-refractivity contribution is 14.1. The monoisotopic (exact) mass is 408 g/mol. The van der Waals surface area contributed by atoms with Gasteiger partial charge in [-0.25, -0.2) is 4.39 Å². The summed E-state index contributed by atoms with van der Waals surface area (Å²) in [5.74, 6) is -0.811. The maximum absolute atomic E-state index is 13.0. The second-order valence-corrected chi connectivity index (χ2v) is 5.58. The lowest BCUT2D eigenvalue weighted by Crippen LogP contribution is -2.09. The summed E-state index contributed by atoms with van der Waals surface area (Å²) in [4.78, 5) is 12.1. The van der Waals surface area contributed by atoms with Crippen LogP contribution in [-0.2, 0) is 12.6 Å². The second kappa shape index (κ2) is 6.13. The van der Waals surface area contributed by atoms with E-state index in [-0.39, 0.29) is 17.8 Å². The fourth-order valence-corrected chi connectivity index (χ4v) is 2.63. The van der Waals surface area contributed by atoms with E-state index in [1.165, 1.54) is 24.3 Å². The SMILES string of the molecule is O=C(Cc1cccc(C(F)(F)F)c1)c1ccc(F)cc1I. The Morgan fingerprint density at radius 3 is 2.43 bits per heavy atom. The van der Waals surface area contributed by atoms with Crippen molar-refractivity contribution in [1.82, 2.24) is 0 Å². The molecule has 0 spiro atoms. The van der Waals surface area contributed by atoms with Crippen molar-refractivity contribution < 1.29 is 22.4 Å². The van der Waals surface area contributed by atoms with Gasteiger partial charge in [-0.05, 0) is 52.4 Å². The number of alkyl halides is 3. The van der Waals surface area contributed by atoms with E-state index in [0.717, 1.165) is 18.2 Å². The normalized spacial score (nSPS) is 11.5. The molecule has 2 aromatic carbocycles. The lowest BCUT2D eigenvalue weighted by Gasteiger charge is -2.09. The number of rotatable bonds is 3. The van der Waals surface area contributed by atoms with Crippen LogP contribution in [0.5, 0.6) is 0 Å². The molecule has 0 unspecified atom stereocenters. The van der Waals surface area contributed by atoms with Crippen molar-refractivity contribution in [3.8, 4) is 0 Å². The van der Waals surface area contributed by atoms with E-state index in [4.69, 9.17) is 0 Å². The van der Waals surface area contributed by atoms with Crippen LogP contribution in [0.25, 0.3) is 0 Å². The van der Waals surface area contributed by atoms with E-state index in [1.54, 1.807) is 0 Å². The van der Waals surface area contributed by atoms with Crippen molar-refractivity contribution >= 4 is 28.4 Å². The summed E-state index contributed by atoms with van der Waals surface area (Å²) in [7, 11) is 0. The molecule has 0 fully saturated rings. The minimum atomic E-state index is -4.44. The molecule has 0 aliphatic rings. The summed E-state index contributed by atoms with van der Waals surface area (Å²) in [6, 6.07) is 8.34. The Morgan fingerprint density at radius 2 is 1.81 bits per heavy atom. The third-order valence-electron chi connectivity index (χ3n) is 2.85. The molecule has 0 amide bonds.